The summed E-state index contributed by atoms with van der Waals surface area (Å²) in [6, 6.07) is 0. The molecule has 0 fully saturated rings. The molecule has 0 unspecified atom stereocenters. The molecule has 0 aliphatic heterocycles. The zero-order valence-electron chi connectivity index (χ0n) is 11.5. The van der Waals surface area contributed by atoms with Crippen molar-refractivity contribution in [2.75, 3.05) is 0 Å². The smallest absolute Gasteiger partial charge is 0.725 e. The minimum atomic E-state index is -5.66. The second kappa shape index (κ2) is 12.3. The van der Waals surface area contributed by atoms with E-state index in [2.05, 4.69) is 0 Å². The first kappa shape index (κ1) is 35.8. The van der Waals surface area contributed by atoms with Crippen molar-refractivity contribution in [1.29, 1.82) is 0 Å². The van der Waals surface area contributed by atoms with Gasteiger partial charge in [0, 0.05) is 0 Å². The fourth-order valence-electron chi connectivity index (χ4n) is 0.347. The number of hydrogen-bond acceptors (Lipinski definition) is 12. The third kappa shape index (κ3) is 50.3. The molecule has 0 aliphatic rings. The Labute approximate surface area is 182 Å². The minimum Gasteiger partial charge on any atom is -0.725 e. The summed E-state index contributed by atoms with van der Waals surface area (Å²) in [5.74, 6) is 0. The van der Waals surface area contributed by atoms with Crippen LogP contribution in [0.1, 0.15) is 0 Å². The van der Waals surface area contributed by atoms with Crippen LogP contribution in [0.25, 0.3) is 0 Å². The maximum absolute atomic E-state index is 10.8. The van der Waals surface area contributed by atoms with Crippen LogP contribution >= 0.6 is 0 Å². The van der Waals surface area contributed by atoms with Crippen molar-refractivity contribution in [3.8, 4) is 0 Å². The van der Waals surface area contributed by atoms with E-state index in [-0.39, 0.29) is 41.7 Å². The van der Waals surface area contributed by atoms with E-state index in [1.165, 1.54) is 0 Å². The van der Waals surface area contributed by atoms with Crippen LogP contribution in [0.4, 0.5) is 39.5 Å². The van der Waals surface area contributed by atoms with Crippen molar-refractivity contribution >= 4 is 31.2 Å². The van der Waals surface area contributed by atoms with Crippen LogP contribution in [0.2, 0.25) is 0 Å². The molecule has 12 nitrogen and oxygen atoms in total. The Morgan fingerprint density at radius 1 is 0.464 bits per heavy atom. The average molecular weight is 635 g/mol. The molecule has 1 radical (unpaired) electrons. The molecule has 0 aromatic heterocycles. The number of hydrogen-bond donors (Lipinski definition) is 0. The van der Waals surface area contributed by atoms with Crippen molar-refractivity contribution in [2.24, 2.45) is 0 Å². The third-order valence-corrected chi connectivity index (χ3v) is 1.77. The van der Waals surface area contributed by atoms with Gasteiger partial charge in [0.2, 0.25) is 31.2 Å². The summed E-state index contributed by atoms with van der Waals surface area (Å²) in [5.41, 5.74) is 0. The van der Waals surface area contributed by atoms with Crippen molar-refractivity contribution < 1.29 is 133 Å². The first-order chi connectivity index (χ1) is 11.1. The molecule has 0 rings (SSSR count). The van der Waals surface area contributed by atoms with Crippen molar-refractivity contribution in [3.63, 3.8) is 0 Å². The molecule has 0 amide bonds. The molecule has 0 bridgehead atoms. The number of rotatable bonds is 3. The fraction of sp³-hybridized carbons (Fsp3) is 1.00. The Kier molecular flexibility index (Phi) is 15.7. The van der Waals surface area contributed by atoms with Gasteiger partial charge >= 0.3 is 60.8 Å². The van der Waals surface area contributed by atoms with Crippen LogP contribution in [-0.4, -0.2) is 58.0 Å². The predicted octanol–water partition coefficient (Wildman–Crippen LogP) is -0.0510. The van der Waals surface area contributed by atoms with Crippen LogP contribution in [-0.2, 0) is 43.7 Å². The quantitative estimate of drug-likeness (QED) is 0.228. The van der Waals surface area contributed by atoms with Gasteiger partial charge in [-0.15, -0.1) is 39.5 Å². The van der Waals surface area contributed by atoms with Gasteiger partial charge < -0.3 is 13.7 Å². The summed E-state index contributed by atoms with van der Waals surface area (Å²) >= 11 is 0. The zero-order valence-corrected chi connectivity index (χ0v) is 17.1. The summed E-state index contributed by atoms with van der Waals surface area (Å²) in [6.07, 6.45) is -16.2. The Morgan fingerprint density at radius 2 is 0.571 bits per heavy atom. The molecule has 169 valence electrons. The first-order valence-electron chi connectivity index (χ1n) is 4.31. The molecule has 0 heterocycles. The molecule has 0 aromatic carbocycles. The van der Waals surface area contributed by atoms with E-state index in [9.17, 15) is 39.5 Å². The van der Waals surface area contributed by atoms with Crippen LogP contribution in [0, 0.1) is 41.7 Å². The Balaban J connectivity index is -0.000000152. The van der Waals surface area contributed by atoms with Gasteiger partial charge in [-0.3, -0.25) is 0 Å². The van der Waals surface area contributed by atoms with Crippen LogP contribution < -0.4 is 0 Å². The van der Waals surface area contributed by atoms with Crippen molar-refractivity contribution in [1.82, 2.24) is 0 Å². The van der Waals surface area contributed by atoms with Gasteiger partial charge in [0.25, 0.3) is 0 Å². The summed E-state index contributed by atoms with van der Waals surface area (Å²) in [6.45, 7) is 0. The van der Waals surface area contributed by atoms with Gasteiger partial charge in [-0.2, -0.15) is 12.5 Å². The molecule has 0 spiro atoms. The van der Waals surface area contributed by atoms with Gasteiger partial charge in [0.15, 0.2) is 0 Å². The van der Waals surface area contributed by atoms with E-state index < -0.39 is 50.3 Å². The zero-order chi connectivity index (χ0) is 23.1. The summed E-state index contributed by atoms with van der Waals surface area (Å²) < 4.78 is 185. The summed E-state index contributed by atoms with van der Waals surface area (Å²) in [7, 11) is -17.0. The van der Waals surface area contributed by atoms with Crippen LogP contribution in [0.5, 0.6) is 0 Å². The molecule has 0 aromatic rings. The topological polar surface area (TPSA) is 199 Å². The molecule has 0 saturated heterocycles. The molecular formula is C3CeF9O12S3. The van der Waals surface area contributed by atoms with Crippen molar-refractivity contribution in [2.45, 2.75) is 19.1 Å². The van der Waals surface area contributed by atoms with Gasteiger partial charge in [-0.1, -0.05) is 0 Å². The van der Waals surface area contributed by atoms with Gasteiger partial charge in [-0.05, 0) is 0 Å². The maximum atomic E-state index is 10.8. The summed E-state index contributed by atoms with van der Waals surface area (Å²) in [4.78, 5) is 0. The molecule has 0 aliphatic carbocycles. The van der Waals surface area contributed by atoms with E-state index in [0.29, 0.717) is 0 Å². The monoisotopic (exact) mass is 635 g/mol. The van der Waals surface area contributed by atoms with Crippen LogP contribution in [0.15, 0.2) is 0 Å². The average Bonchev–Trinajstić information content (AvgIpc) is 1.96. The Hall–Kier alpha value is 0.357. The first-order valence-corrected chi connectivity index (χ1v) is 8.31. The third-order valence-electron chi connectivity index (χ3n) is 0.590. The van der Waals surface area contributed by atoms with E-state index in [0.717, 1.165) is 0 Å². The predicted molar refractivity (Wildman–Crippen MR) is 50.5 cm³/mol. The van der Waals surface area contributed by atoms with E-state index in [1.54, 1.807) is 0 Å². The van der Waals surface area contributed by atoms with Gasteiger partial charge in [0.1, 0.15) is 0 Å². The minimum absolute atomic E-state index is 0. The van der Waals surface area contributed by atoms with Gasteiger partial charge in [0.05, 0.1) is 0 Å². The summed E-state index contributed by atoms with van der Waals surface area (Å²) in [5, 5.41) is 0. The number of alkyl halides is 9. The van der Waals surface area contributed by atoms with Crippen LogP contribution in [0.3, 0.4) is 0 Å². The van der Waals surface area contributed by atoms with E-state index in [4.69, 9.17) is 38.9 Å². The Bertz CT molecular complexity index is 640. The fourth-order valence-corrected chi connectivity index (χ4v) is 1.04. The second-order valence-corrected chi connectivity index (χ2v) is 5.76. The maximum Gasteiger partial charge on any atom is 3.00 e. The SMILES string of the molecule is O=S(=O)([O-])OC(F)(F)F.O=S(=O)([O-])OC(F)(F)F.O=S(=O)([O-])OC(F)(F)F.[Ce+3]. The standard InChI is InChI=1S/3CHF3O4S.Ce/c3*2-1(3,4)8-9(5,6)7;/h3*(H,5,6,7);/q;;;+3/p-3. The molecule has 28 heavy (non-hydrogen) atoms. The second-order valence-electron chi connectivity index (χ2n) is 2.81. The molecule has 0 saturated carbocycles. The molecule has 0 atom stereocenters. The number of halogens is 9. The van der Waals surface area contributed by atoms with E-state index in [1.807, 2.05) is 12.5 Å². The Morgan fingerprint density at radius 3 is 0.571 bits per heavy atom. The molecule has 25 heteroatoms. The molecule has 0 N–H and O–H groups in total. The van der Waals surface area contributed by atoms with E-state index >= 15 is 0 Å². The molecular weight excluding hydrogens is 635 g/mol. The normalized spacial score (nSPS) is 13.3. The largest absolute Gasteiger partial charge is 3.00 e. The van der Waals surface area contributed by atoms with Crippen molar-refractivity contribution in [3.05, 3.63) is 0 Å². The van der Waals surface area contributed by atoms with Gasteiger partial charge in [-0.25, -0.2) is 25.3 Å².